The van der Waals surface area contributed by atoms with E-state index in [0.717, 1.165) is 30.4 Å². The number of hydrogen-bond acceptors (Lipinski definition) is 4. The number of allylic oxidation sites excluding steroid dienone is 4. The summed E-state index contributed by atoms with van der Waals surface area (Å²) in [6.45, 7) is 5.46. The van der Waals surface area contributed by atoms with Gasteiger partial charge in [-0.3, -0.25) is 13.9 Å². The zero-order chi connectivity index (χ0) is 26.6. The average molecular weight is 542 g/mol. The predicted octanol–water partition coefficient (Wildman–Crippen LogP) is 5.53. The third-order valence-corrected chi connectivity index (χ3v) is 8.19. The molecule has 1 saturated carbocycles. The first-order chi connectivity index (χ1) is 17.7. The van der Waals surface area contributed by atoms with Gasteiger partial charge in [-0.25, -0.2) is 4.79 Å². The quantitative estimate of drug-likeness (QED) is 0.446. The molecular weight excluding hydrogens is 507 g/mol. The summed E-state index contributed by atoms with van der Waals surface area (Å²) in [4.78, 5) is 25.8. The van der Waals surface area contributed by atoms with Gasteiger partial charge in [0.2, 0.25) is 0 Å². The molecule has 1 fully saturated rings. The highest BCUT2D eigenvalue weighted by atomic mass is 35.5. The fourth-order valence-corrected chi connectivity index (χ4v) is 5.96. The molecule has 1 aromatic carbocycles. The molecule has 1 atom stereocenters. The monoisotopic (exact) mass is 540 g/mol. The molecule has 2 aromatic rings. The Bertz CT molecular complexity index is 1360. The Morgan fingerprint density at radius 2 is 1.97 bits per heavy atom. The number of hydrogen-bond donors (Lipinski definition) is 1. The molecule has 0 aliphatic heterocycles. The second kappa shape index (κ2) is 11.9. The zero-order valence-corrected chi connectivity index (χ0v) is 23.0. The van der Waals surface area contributed by atoms with Crippen LogP contribution in [0.4, 0.5) is 0 Å². The number of rotatable bonds is 8. The average Bonchev–Trinajstić information content (AvgIpc) is 2.88. The van der Waals surface area contributed by atoms with Gasteiger partial charge in [0.25, 0.3) is 5.56 Å². The highest BCUT2D eigenvalue weighted by Gasteiger charge is 2.38. The highest BCUT2D eigenvalue weighted by Crippen LogP contribution is 2.42. The maximum atomic E-state index is 13.1. The van der Waals surface area contributed by atoms with Gasteiger partial charge in [-0.05, 0) is 81.2 Å². The van der Waals surface area contributed by atoms with Crippen LogP contribution in [0, 0.1) is 24.2 Å². The molecule has 37 heavy (non-hydrogen) atoms. The summed E-state index contributed by atoms with van der Waals surface area (Å²) in [6.07, 6.45) is 12.8. The Hall–Kier alpha value is -2.59. The number of halogens is 2. The van der Waals surface area contributed by atoms with Crippen LogP contribution in [-0.2, 0) is 18.5 Å². The predicted molar refractivity (Wildman–Crippen MR) is 149 cm³/mol. The molecule has 6 nitrogen and oxygen atoms in total. The lowest BCUT2D eigenvalue weighted by Gasteiger charge is -2.36. The molecule has 0 radical (unpaired) electrons. The lowest BCUT2D eigenvalue weighted by molar-refractivity contribution is 0.294. The van der Waals surface area contributed by atoms with Crippen LogP contribution < -0.4 is 16.6 Å². The summed E-state index contributed by atoms with van der Waals surface area (Å²) in [7, 11) is 0. The van der Waals surface area contributed by atoms with Gasteiger partial charge < -0.3 is 5.32 Å². The van der Waals surface area contributed by atoms with Gasteiger partial charge >= 0.3 is 5.69 Å². The summed E-state index contributed by atoms with van der Waals surface area (Å²) in [5.41, 5.74) is 1.43. The maximum Gasteiger partial charge on any atom is 0.331 e. The van der Waals surface area contributed by atoms with Crippen LogP contribution in [-0.4, -0.2) is 21.7 Å². The Morgan fingerprint density at radius 1 is 1.22 bits per heavy atom. The fourth-order valence-electron chi connectivity index (χ4n) is 5.37. The minimum absolute atomic E-state index is 0.223. The van der Waals surface area contributed by atoms with Gasteiger partial charge in [0.15, 0.2) is 0 Å². The molecule has 4 rings (SSSR count). The first kappa shape index (κ1) is 27.4. The summed E-state index contributed by atoms with van der Waals surface area (Å²) >= 11 is 12.5. The standard InChI is InChI=1S/C29H34Cl2N4O2/c1-20-4-6-22(7-5-20)18-34-17-21(2)27(36)35(28(34)37)15-3-14-33-24-10-12-29(19-32,13-11-24)25-9-8-23(30)16-26(25)31/h4,6-9,16-17,20,24,33H,3,5,10-15,18H2,1-2H3. The molecule has 1 heterocycles. The molecular formula is C29H34Cl2N4O2. The molecule has 0 saturated heterocycles. The van der Waals surface area contributed by atoms with E-state index in [2.05, 4.69) is 36.5 Å². The molecule has 0 spiro atoms. The summed E-state index contributed by atoms with van der Waals surface area (Å²) in [5, 5.41) is 14.7. The zero-order valence-electron chi connectivity index (χ0n) is 21.5. The molecule has 2 aliphatic rings. The third kappa shape index (κ3) is 6.29. The maximum absolute atomic E-state index is 13.1. The Kier molecular flexibility index (Phi) is 8.79. The fraction of sp³-hybridized carbons (Fsp3) is 0.483. The molecule has 1 unspecified atom stereocenters. The van der Waals surface area contributed by atoms with Crippen molar-refractivity contribution in [3.8, 4) is 6.07 Å². The van der Waals surface area contributed by atoms with Crippen molar-refractivity contribution < 1.29 is 0 Å². The van der Waals surface area contributed by atoms with E-state index in [9.17, 15) is 14.9 Å². The van der Waals surface area contributed by atoms with Crippen molar-refractivity contribution in [2.24, 2.45) is 5.92 Å². The van der Waals surface area contributed by atoms with E-state index in [1.807, 2.05) is 6.07 Å². The minimum atomic E-state index is -0.596. The Morgan fingerprint density at radius 3 is 2.62 bits per heavy atom. The van der Waals surface area contributed by atoms with Crippen LogP contribution in [0.1, 0.15) is 56.6 Å². The number of nitrogens with one attached hydrogen (secondary N) is 1. The van der Waals surface area contributed by atoms with Crippen LogP contribution in [0.3, 0.4) is 0 Å². The van der Waals surface area contributed by atoms with Crippen LogP contribution in [0.25, 0.3) is 0 Å². The van der Waals surface area contributed by atoms with E-state index in [-0.39, 0.29) is 17.3 Å². The van der Waals surface area contributed by atoms with Crippen molar-refractivity contribution in [3.05, 3.63) is 90.2 Å². The van der Waals surface area contributed by atoms with Crippen LogP contribution in [0.5, 0.6) is 0 Å². The van der Waals surface area contributed by atoms with Crippen molar-refractivity contribution in [1.29, 1.82) is 5.26 Å². The number of aryl methyl sites for hydroxylation is 1. The first-order valence-corrected chi connectivity index (χ1v) is 13.8. The molecule has 196 valence electrons. The van der Waals surface area contributed by atoms with E-state index >= 15 is 0 Å². The van der Waals surface area contributed by atoms with E-state index in [1.165, 1.54) is 4.57 Å². The third-order valence-electron chi connectivity index (χ3n) is 7.64. The Labute approximate surface area is 228 Å². The second-order valence-corrected chi connectivity index (χ2v) is 11.3. The van der Waals surface area contributed by atoms with Crippen molar-refractivity contribution >= 4 is 23.2 Å². The lowest BCUT2D eigenvalue weighted by atomic mass is 9.69. The van der Waals surface area contributed by atoms with Gasteiger partial charge in [-0.15, -0.1) is 0 Å². The largest absolute Gasteiger partial charge is 0.331 e. The van der Waals surface area contributed by atoms with Gasteiger partial charge in [-0.1, -0.05) is 54.4 Å². The minimum Gasteiger partial charge on any atom is -0.314 e. The molecule has 0 bridgehead atoms. The van der Waals surface area contributed by atoms with Crippen molar-refractivity contribution in [3.63, 3.8) is 0 Å². The topological polar surface area (TPSA) is 79.8 Å². The van der Waals surface area contributed by atoms with Gasteiger partial charge in [-0.2, -0.15) is 5.26 Å². The molecule has 1 aromatic heterocycles. The number of nitrogens with zero attached hydrogens (tertiary/aromatic N) is 3. The summed E-state index contributed by atoms with van der Waals surface area (Å²) in [6, 6.07) is 8.16. The van der Waals surface area contributed by atoms with Crippen molar-refractivity contribution in [2.45, 2.75) is 76.9 Å². The van der Waals surface area contributed by atoms with Gasteiger partial charge in [0.1, 0.15) is 0 Å². The summed E-state index contributed by atoms with van der Waals surface area (Å²) in [5.74, 6) is 0.513. The van der Waals surface area contributed by atoms with E-state index < -0.39 is 5.41 Å². The molecule has 2 aliphatic carbocycles. The van der Waals surface area contributed by atoms with Crippen LogP contribution >= 0.6 is 23.2 Å². The van der Waals surface area contributed by atoms with E-state index in [0.29, 0.717) is 60.4 Å². The van der Waals surface area contributed by atoms with Gasteiger partial charge in [0.05, 0.1) is 18.0 Å². The number of benzene rings is 1. The van der Waals surface area contributed by atoms with Crippen molar-refractivity contribution in [2.75, 3.05) is 6.54 Å². The van der Waals surface area contributed by atoms with Crippen molar-refractivity contribution in [1.82, 2.24) is 14.5 Å². The molecule has 1 N–H and O–H groups in total. The smallest absolute Gasteiger partial charge is 0.314 e. The molecule has 0 amide bonds. The molecule has 8 heteroatoms. The van der Waals surface area contributed by atoms with E-state index in [4.69, 9.17) is 23.2 Å². The normalized spacial score (nSPS) is 23.5. The SMILES string of the molecule is Cc1cn(CC2=CCC(C)C=C2)c(=O)n(CCCNC2CCC(C#N)(c3ccc(Cl)cc3Cl)CC2)c1=O. The lowest BCUT2D eigenvalue weighted by Crippen LogP contribution is -2.42. The number of aromatic nitrogens is 2. The van der Waals surface area contributed by atoms with Gasteiger partial charge in [0, 0.05) is 34.4 Å². The first-order valence-electron chi connectivity index (χ1n) is 13.0. The summed E-state index contributed by atoms with van der Waals surface area (Å²) < 4.78 is 3.00. The Balaban J connectivity index is 1.33. The van der Waals surface area contributed by atoms with E-state index in [1.54, 1.807) is 29.8 Å². The van der Waals surface area contributed by atoms with Crippen LogP contribution in [0.15, 0.2) is 57.8 Å². The highest BCUT2D eigenvalue weighted by molar-refractivity contribution is 6.35. The van der Waals surface area contributed by atoms with Crippen LogP contribution in [0.2, 0.25) is 10.0 Å². The number of nitriles is 1. The second-order valence-electron chi connectivity index (χ2n) is 10.4.